The van der Waals surface area contributed by atoms with Crippen molar-refractivity contribution in [2.45, 2.75) is 90.6 Å². The fourth-order valence-corrected chi connectivity index (χ4v) is 4.00. The monoisotopic (exact) mass is 585 g/mol. The van der Waals surface area contributed by atoms with E-state index < -0.39 is 13.9 Å². The molecule has 0 aliphatic carbocycles. The Morgan fingerprint density at radius 1 is 0.800 bits per heavy atom. The summed E-state index contributed by atoms with van der Waals surface area (Å²) in [5, 5.41) is 0. The summed E-state index contributed by atoms with van der Waals surface area (Å²) in [6.07, 6.45) is 26.6. The summed E-state index contributed by atoms with van der Waals surface area (Å²) in [6.45, 7) is 4.91. The summed E-state index contributed by atoms with van der Waals surface area (Å²) in [5.74, 6) is -0.385. The second-order valence-electron chi connectivity index (χ2n) is 10.7. The lowest BCUT2D eigenvalue weighted by Gasteiger charge is -2.28. The van der Waals surface area contributed by atoms with Gasteiger partial charge in [0.1, 0.15) is 19.3 Å². The van der Waals surface area contributed by atoms with Crippen molar-refractivity contribution in [3.05, 3.63) is 48.6 Å². The molecule has 0 saturated carbocycles. The van der Waals surface area contributed by atoms with Crippen LogP contribution in [0.3, 0.4) is 0 Å². The maximum Gasteiger partial charge on any atom is 0.306 e. The molecular formula is C31H56NO7P. The Labute approximate surface area is 244 Å². The minimum atomic E-state index is -4.50. The van der Waals surface area contributed by atoms with Gasteiger partial charge in [-0.05, 0) is 51.4 Å². The van der Waals surface area contributed by atoms with Gasteiger partial charge in [0.2, 0.25) is 0 Å². The van der Waals surface area contributed by atoms with Crippen molar-refractivity contribution in [3.63, 3.8) is 0 Å². The van der Waals surface area contributed by atoms with Gasteiger partial charge < -0.3 is 27.9 Å². The summed E-state index contributed by atoms with van der Waals surface area (Å²) in [4.78, 5) is 24.2. The molecule has 2 unspecified atom stereocenters. The molecule has 0 saturated heterocycles. The average Bonchev–Trinajstić information content (AvgIpc) is 2.88. The van der Waals surface area contributed by atoms with Crippen LogP contribution in [0.4, 0.5) is 0 Å². The molecule has 40 heavy (non-hydrogen) atoms. The van der Waals surface area contributed by atoms with E-state index in [-0.39, 0.29) is 32.2 Å². The van der Waals surface area contributed by atoms with Crippen molar-refractivity contribution in [2.24, 2.45) is 0 Å². The normalized spacial score (nSPS) is 15.1. The number of ether oxygens (including phenoxy) is 2. The molecule has 2 atom stereocenters. The highest BCUT2D eigenvalue weighted by Crippen LogP contribution is 2.38. The first-order valence-electron chi connectivity index (χ1n) is 14.9. The SMILES string of the molecule is CC/C=C\C/C=C\C/C=C\C/C=C\CCCCCOCC(COP(=O)([O-])OCC[N+](C)(C)C)OC(=O)CCCC. The molecular weight excluding hydrogens is 529 g/mol. The lowest BCUT2D eigenvalue weighted by Crippen LogP contribution is -2.37. The van der Waals surface area contributed by atoms with Crippen LogP contribution < -0.4 is 4.89 Å². The zero-order chi connectivity index (χ0) is 30.0. The number of esters is 1. The molecule has 0 aliphatic heterocycles. The summed E-state index contributed by atoms with van der Waals surface area (Å²) < 4.78 is 33.7. The van der Waals surface area contributed by atoms with Gasteiger partial charge in [0.15, 0.2) is 0 Å². The minimum Gasteiger partial charge on any atom is -0.756 e. The molecule has 0 rings (SSSR count). The third kappa shape index (κ3) is 28.0. The first-order valence-corrected chi connectivity index (χ1v) is 16.3. The van der Waals surface area contributed by atoms with Gasteiger partial charge in [-0.1, -0.05) is 75.3 Å². The van der Waals surface area contributed by atoms with Crippen LogP contribution in [0.1, 0.15) is 84.5 Å². The maximum absolute atomic E-state index is 12.1. The topological polar surface area (TPSA) is 94.1 Å². The van der Waals surface area contributed by atoms with Crippen LogP contribution in [0, 0.1) is 0 Å². The van der Waals surface area contributed by atoms with Crippen LogP contribution in [0.25, 0.3) is 0 Å². The third-order valence-corrected chi connectivity index (χ3v) is 6.61. The Kier molecular flexibility index (Phi) is 24.2. The zero-order valence-electron chi connectivity index (χ0n) is 25.8. The van der Waals surface area contributed by atoms with E-state index >= 15 is 0 Å². The maximum atomic E-state index is 12.1. The summed E-state index contributed by atoms with van der Waals surface area (Å²) in [6, 6.07) is 0. The highest BCUT2D eigenvalue weighted by atomic mass is 31.2. The molecule has 0 aromatic carbocycles. The molecule has 0 N–H and O–H groups in total. The van der Waals surface area contributed by atoms with E-state index in [1.807, 2.05) is 28.1 Å². The minimum absolute atomic E-state index is 0.0165. The van der Waals surface area contributed by atoms with Crippen molar-refractivity contribution in [2.75, 3.05) is 54.1 Å². The Morgan fingerprint density at radius 3 is 2.02 bits per heavy atom. The van der Waals surface area contributed by atoms with E-state index in [4.69, 9.17) is 18.5 Å². The molecule has 0 fully saturated rings. The molecule has 0 spiro atoms. The molecule has 0 bridgehead atoms. The second kappa shape index (κ2) is 25.2. The number of carbonyl (C=O) groups excluding carboxylic acids is 1. The Morgan fingerprint density at radius 2 is 1.43 bits per heavy atom. The fourth-order valence-electron chi connectivity index (χ4n) is 3.28. The predicted molar refractivity (Wildman–Crippen MR) is 162 cm³/mol. The number of hydrogen-bond donors (Lipinski definition) is 0. The van der Waals surface area contributed by atoms with E-state index in [0.717, 1.165) is 57.8 Å². The summed E-state index contributed by atoms with van der Waals surface area (Å²) in [7, 11) is 1.32. The smallest absolute Gasteiger partial charge is 0.306 e. The molecule has 232 valence electrons. The molecule has 0 amide bonds. The van der Waals surface area contributed by atoms with Crippen molar-refractivity contribution < 1.29 is 37.3 Å². The second-order valence-corrected chi connectivity index (χ2v) is 12.1. The van der Waals surface area contributed by atoms with Gasteiger partial charge in [0, 0.05) is 13.0 Å². The van der Waals surface area contributed by atoms with Crippen LogP contribution in [-0.2, 0) is 27.9 Å². The van der Waals surface area contributed by atoms with E-state index in [2.05, 4.69) is 55.5 Å². The van der Waals surface area contributed by atoms with Gasteiger partial charge in [-0.2, -0.15) is 0 Å². The van der Waals surface area contributed by atoms with Crippen LogP contribution in [0.15, 0.2) is 48.6 Å². The van der Waals surface area contributed by atoms with Crippen LogP contribution in [0.2, 0.25) is 0 Å². The predicted octanol–water partition coefficient (Wildman–Crippen LogP) is 6.68. The highest BCUT2D eigenvalue weighted by molar-refractivity contribution is 7.45. The number of hydrogen-bond acceptors (Lipinski definition) is 7. The van der Waals surface area contributed by atoms with Gasteiger partial charge in [-0.3, -0.25) is 9.36 Å². The summed E-state index contributed by atoms with van der Waals surface area (Å²) in [5.41, 5.74) is 0. The molecule has 0 aromatic rings. The van der Waals surface area contributed by atoms with Gasteiger partial charge in [0.05, 0.1) is 34.4 Å². The van der Waals surface area contributed by atoms with Crippen molar-refractivity contribution in [3.8, 4) is 0 Å². The first-order chi connectivity index (χ1) is 19.1. The zero-order valence-corrected chi connectivity index (χ0v) is 26.7. The molecule has 9 heteroatoms. The van der Waals surface area contributed by atoms with Crippen molar-refractivity contribution in [1.29, 1.82) is 0 Å². The van der Waals surface area contributed by atoms with Gasteiger partial charge in [0.25, 0.3) is 7.82 Å². The number of phosphoric ester groups is 1. The average molecular weight is 586 g/mol. The van der Waals surface area contributed by atoms with Gasteiger partial charge >= 0.3 is 5.97 Å². The lowest BCUT2D eigenvalue weighted by molar-refractivity contribution is -0.870. The molecule has 0 radical (unpaired) electrons. The Hall–Kier alpha value is -1.54. The van der Waals surface area contributed by atoms with Crippen LogP contribution in [-0.4, -0.2) is 70.7 Å². The number of allylic oxidation sites excluding steroid dienone is 8. The van der Waals surface area contributed by atoms with Crippen molar-refractivity contribution >= 4 is 13.8 Å². The third-order valence-electron chi connectivity index (χ3n) is 5.64. The number of likely N-dealkylation sites (N-methyl/N-ethyl adjacent to an activating group) is 1. The number of carbonyl (C=O) groups is 1. The Bertz CT molecular complexity index is 787. The largest absolute Gasteiger partial charge is 0.756 e. The van der Waals surface area contributed by atoms with Crippen molar-refractivity contribution in [1.82, 2.24) is 0 Å². The number of nitrogens with zero attached hydrogens (tertiary/aromatic N) is 1. The van der Waals surface area contributed by atoms with E-state index in [1.165, 1.54) is 0 Å². The van der Waals surface area contributed by atoms with Crippen LogP contribution >= 0.6 is 7.82 Å². The highest BCUT2D eigenvalue weighted by Gasteiger charge is 2.20. The summed E-state index contributed by atoms with van der Waals surface area (Å²) >= 11 is 0. The molecule has 8 nitrogen and oxygen atoms in total. The Balaban J connectivity index is 4.17. The lowest BCUT2D eigenvalue weighted by atomic mass is 10.2. The van der Waals surface area contributed by atoms with E-state index in [0.29, 0.717) is 24.1 Å². The van der Waals surface area contributed by atoms with Crippen LogP contribution in [0.5, 0.6) is 0 Å². The van der Waals surface area contributed by atoms with E-state index in [9.17, 15) is 14.3 Å². The van der Waals surface area contributed by atoms with Gasteiger partial charge in [-0.15, -0.1) is 0 Å². The number of phosphoric acid groups is 1. The molecule has 0 aliphatic rings. The van der Waals surface area contributed by atoms with E-state index in [1.54, 1.807) is 0 Å². The number of rotatable bonds is 26. The fraction of sp³-hybridized carbons (Fsp3) is 0.710. The molecule has 0 aromatic heterocycles. The molecule has 0 heterocycles. The number of quaternary nitrogens is 1. The standard InChI is InChI=1S/C31H56NO7P/c1-6-8-10-11-12-13-14-15-16-17-18-19-20-21-22-23-26-36-28-30(39-31(33)24-9-7-2)29-38-40(34,35)37-27-25-32(3,4)5/h8,10,12-13,15-16,18-19,30H,6-7,9,11,14,17,20-29H2,1-5H3/b10-8-,13-12-,16-15-,19-18-. The first kappa shape index (κ1) is 38.5. The van der Waals surface area contributed by atoms with Gasteiger partial charge in [-0.25, -0.2) is 0 Å². The number of unbranched alkanes of at least 4 members (excludes halogenated alkanes) is 4. The quantitative estimate of drug-likeness (QED) is 0.0368.